The minimum absolute atomic E-state index is 0.0534. The highest BCUT2D eigenvalue weighted by molar-refractivity contribution is 5.92. The zero-order chi connectivity index (χ0) is 18.8. The summed E-state index contributed by atoms with van der Waals surface area (Å²) in [5.74, 6) is 2.25. The molecule has 27 heavy (non-hydrogen) atoms. The lowest BCUT2D eigenvalue weighted by molar-refractivity contribution is -0.138. The van der Waals surface area contributed by atoms with Crippen LogP contribution in [0.5, 0.6) is 17.2 Å². The maximum absolute atomic E-state index is 12.5. The molecule has 0 radical (unpaired) electrons. The molecule has 0 unspecified atom stereocenters. The molecule has 0 bridgehead atoms. The highest BCUT2D eigenvalue weighted by Crippen LogP contribution is 2.40. The van der Waals surface area contributed by atoms with Crippen molar-refractivity contribution in [2.75, 3.05) is 46.5 Å². The van der Waals surface area contributed by atoms with Gasteiger partial charge in [0.1, 0.15) is 13.2 Å². The quantitative estimate of drug-likeness (QED) is 0.751. The fourth-order valence-corrected chi connectivity index (χ4v) is 3.40. The molecule has 0 N–H and O–H groups in total. The fourth-order valence-electron chi connectivity index (χ4n) is 3.40. The van der Waals surface area contributed by atoms with E-state index in [1.54, 1.807) is 24.2 Å². The molecule has 4 rings (SSSR count). The Morgan fingerprint density at radius 1 is 1.07 bits per heavy atom. The van der Waals surface area contributed by atoms with E-state index in [1.807, 2.05) is 17.0 Å². The van der Waals surface area contributed by atoms with Crippen molar-refractivity contribution in [3.63, 3.8) is 0 Å². The van der Waals surface area contributed by atoms with Crippen molar-refractivity contribution in [1.29, 1.82) is 0 Å². The van der Waals surface area contributed by atoms with Crippen LogP contribution in [-0.2, 0) is 9.59 Å². The molecule has 1 aromatic rings. The predicted octanol–water partition coefficient (Wildman–Crippen LogP) is 1.56. The highest BCUT2D eigenvalue weighted by Gasteiger charge is 2.34. The first-order chi connectivity index (χ1) is 13.2. The lowest BCUT2D eigenvalue weighted by atomic mass is 10.1. The van der Waals surface area contributed by atoms with E-state index in [4.69, 9.17) is 14.2 Å². The van der Waals surface area contributed by atoms with Gasteiger partial charge in [-0.2, -0.15) is 0 Å². The normalized spacial score (nSPS) is 19.3. The van der Waals surface area contributed by atoms with Crippen molar-refractivity contribution in [2.24, 2.45) is 5.92 Å². The monoisotopic (exact) mass is 372 g/mol. The summed E-state index contributed by atoms with van der Waals surface area (Å²) >= 11 is 0. The molecule has 7 nitrogen and oxygen atoms in total. The van der Waals surface area contributed by atoms with E-state index in [-0.39, 0.29) is 17.7 Å². The van der Waals surface area contributed by atoms with Gasteiger partial charge < -0.3 is 24.0 Å². The lowest BCUT2D eigenvalue weighted by Gasteiger charge is -2.34. The van der Waals surface area contributed by atoms with Crippen LogP contribution in [0.1, 0.15) is 18.4 Å². The molecular formula is C20H24N2O5. The summed E-state index contributed by atoms with van der Waals surface area (Å²) in [6.45, 7) is 3.37. The summed E-state index contributed by atoms with van der Waals surface area (Å²) in [6, 6.07) is 3.66. The Morgan fingerprint density at radius 2 is 1.78 bits per heavy atom. The molecule has 1 aromatic carbocycles. The van der Waals surface area contributed by atoms with E-state index < -0.39 is 0 Å². The molecule has 144 valence electrons. The van der Waals surface area contributed by atoms with Crippen LogP contribution in [0.15, 0.2) is 18.2 Å². The number of ether oxygens (including phenoxy) is 3. The Labute approximate surface area is 158 Å². The van der Waals surface area contributed by atoms with Gasteiger partial charge in [-0.05, 0) is 36.6 Å². The average Bonchev–Trinajstić information content (AvgIpc) is 3.56. The van der Waals surface area contributed by atoms with Gasteiger partial charge in [-0.15, -0.1) is 0 Å². The second kappa shape index (κ2) is 7.50. The minimum atomic E-state index is -0.0534. The fraction of sp³-hybridized carbons (Fsp3) is 0.500. The van der Waals surface area contributed by atoms with Crippen LogP contribution >= 0.6 is 0 Å². The smallest absolute Gasteiger partial charge is 0.246 e. The lowest BCUT2D eigenvalue weighted by Crippen LogP contribution is -2.50. The van der Waals surface area contributed by atoms with Gasteiger partial charge in [0, 0.05) is 38.2 Å². The van der Waals surface area contributed by atoms with Gasteiger partial charge in [0.05, 0.1) is 7.11 Å². The summed E-state index contributed by atoms with van der Waals surface area (Å²) in [4.78, 5) is 28.3. The zero-order valence-electron chi connectivity index (χ0n) is 15.5. The molecule has 3 aliphatic rings. The first-order valence-corrected chi connectivity index (χ1v) is 9.39. The first-order valence-electron chi connectivity index (χ1n) is 9.39. The van der Waals surface area contributed by atoms with Crippen LogP contribution in [0, 0.1) is 5.92 Å². The Hall–Kier alpha value is -2.70. The topological polar surface area (TPSA) is 68.3 Å². The molecule has 2 heterocycles. The van der Waals surface area contributed by atoms with E-state index in [9.17, 15) is 9.59 Å². The van der Waals surface area contributed by atoms with Crippen LogP contribution in [0.4, 0.5) is 0 Å². The molecule has 0 atom stereocenters. The van der Waals surface area contributed by atoms with Crippen LogP contribution in [0.3, 0.4) is 0 Å². The second-order valence-corrected chi connectivity index (χ2v) is 7.01. The third kappa shape index (κ3) is 3.86. The number of carbonyl (C=O) groups is 2. The van der Waals surface area contributed by atoms with Gasteiger partial charge in [0.15, 0.2) is 11.5 Å². The van der Waals surface area contributed by atoms with E-state index in [2.05, 4.69) is 0 Å². The molecule has 0 spiro atoms. The maximum atomic E-state index is 12.5. The van der Waals surface area contributed by atoms with Gasteiger partial charge in [-0.3, -0.25) is 9.59 Å². The van der Waals surface area contributed by atoms with Crippen LogP contribution < -0.4 is 14.2 Å². The van der Waals surface area contributed by atoms with Crippen LogP contribution in [0.25, 0.3) is 6.08 Å². The van der Waals surface area contributed by atoms with Crippen molar-refractivity contribution < 1.29 is 23.8 Å². The zero-order valence-corrected chi connectivity index (χ0v) is 15.5. The Kier molecular flexibility index (Phi) is 4.92. The standard InChI is InChI=1S/C20H24N2O5/c1-25-16-12-14(13-17-19(16)27-11-10-26-17)2-5-18(23)21-6-8-22(9-7-21)20(24)15-3-4-15/h2,5,12-13,15H,3-4,6-11H2,1H3. The third-order valence-electron chi connectivity index (χ3n) is 5.10. The number of methoxy groups -OCH3 is 1. The SMILES string of the molecule is COc1cc(C=CC(=O)N2CCN(C(=O)C3CC3)CC2)cc2c1OCCO2. The Balaban J connectivity index is 1.38. The summed E-state index contributed by atoms with van der Waals surface area (Å²) in [5.41, 5.74) is 0.812. The second-order valence-electron chi connectivity index (χ2n) is 7.01. The number of hydrogen-bond acceptors (Lipinski definition) is 5. The molecule has 2 amide bonds. The number of carbonyl (C=O) groups excluding carboxylic acids is 2. The average molecular weight is 372 g/mol. The molecular weight excluding hydrogens is 348 g/mol. The van der Waals surface area contributed by atoms with Crippen molar-refractivity contribution in [3.8, 4) is 17.2 Å². The molecule has 0 aromatic heterocycles. The van der Waals surface area contributed by atoms with Gasteiger partial charge in [-0.1, -0.05) is 0 Å². The Bertz CT molecular complexity index is 747. The largest absolute Gasteiger partial charge is 0.493 e. The number of benzene rings is 1. The number of rotatable bonds is 4. The van der Waals surface area contributed by atoms with E-state index in [0.717, 1.165) is 18.4 Å². The predicted molar refractivity (Wildman–Crippen MR) is 98.9 cm³/mol. The molecule has 7 heteroatoms. The minimum Gasteiger partial charge on any atom is -0.493 e. The van der Waals surface area contributed by atoms with Crippen LogP contribution in [-0.4, -0.2) is 68.1 Å². The summed E-state index contributed by atoms with van der Waals surface area (Å²) in [7, 11) is 1.58. The molecule has 1 saturated heterocycles. The van der Waals surface area contributed by atoms with Crippen molar-refractivity contribution in [2.45, 2.75) is 12.8 Å². The molecule has 2 fully saturated rings. The van der Waals surface area contributed by atoms with Crippen molar-refractivity contribution in [3.05, 3.63) is 23.8 Å². The van der Waals surface area contributed by atoms with Gasteiger partial charge in [0.2, 0.25) is 17.6 Å². The third-order valence-corrected chi connectivity index (χ3v) is 5.10. The molecule has 2 aliphatic heterocycles. The van der Waals surface area contributed by atoms with Gasteiger partial charge >= 0.3 is 0 Å². The van der Waals surface area contributed by atoms with E-state index in [0.29, 0.717) is 56.6 Å². The van der Waals surface area contributed by atoms with Gasteiger partial charge in [0.25, 0.3) is 0 Å². The molecule has 1 saturated carbocycles. The first kappa shape index (κ1) is 17.7. The highest BCUT2D eigenvalue weighted by atomic mass is 16.6. The number of amides is 2. The van der Waals surface area contributed by atoms with Crippen molar-refractivity contribution in [1.82, 2.24) is 9.80 Å². The maximum Gasteiger partial charge on any atom is 0.246 e. The van der Waals surface area contributed by atoms with Gasteiger partial charge in [-0.25, -0.2) is 0 Å². The number of hydrogen-bond donors (Lipinski definition) is 0. The summed E-state index contributed by atoms with van der Waals surface area (Å²) < 4.78 is 16.6. The summed E-state index contributed by atoms with van der Waals surface area (Å²) in [5, 5.41) is 0. The number of piperazine rings is 1. The van der Waals surface area contributed by atoms with Crippen LogP contribution in [0.2, 0.25) is 0 Å². The Morgan fingerprint density at radius 3 is 2.48 bits per heavy atom. The number of fused-ring (bicyclic) bond motifs is 1. The van der Waals surface area contributed by atoms with Crippen molar-refractivity contribution >= 4 is 17.9 Å². The molecule has 1 aliphatic carbocycles. The number of nitrogens with zero attached hydrogens (tertiary/aromatic N) is 2. The summed E-state index contributed by atoms with van der Waals surface area (Å²) in [6.07, 6.45) is 5.34. The van der Waals surface area contributed by atoms with E-state index in [1.165, 1.54) is 0 Å². The van der Waals surface area contributed by atoms with E-state index >= 15 is 0 Å².